The van der Waals surface area contributed by atoms with Gasteiger partial charge in [-0.05, 0) is 42.5 Å². The highest BCUT2D eigenvalue weighted by molar-refractivity contribution is 7.89. The van der Waals surface area contributed by atoms with E-state index in [4.69, 9.17) is 34.8 Å². The Balaban J connectivity index is 1.55. The maximum atomic E-state index is 12.7. The molecule has 0 aromatic heterocycles. The molecule has 0 bridgehead atoms. The van der Waals surface area contributed by atoms with Crippen LogP contribution in [-0.4, -0.2) is 56.3 Å². The fourth-order valence-corrected chi connectivity index (χ4v) is 4.87. The van der Waals surface area contributed by atoms with Gasteiger partial charge in [0.05, 0.1) is 22.2 Å². The summed E-state index contributed by atoms with van der Waals surface area (Å²) in [6, 6.07) is 10.9. The van der Waals surface area contributed by atoms with Crippen LogP contribution in [0.2, 0.25) is 15.1 Å². The first kappa shape index (κ1) is 21.4. The number of benzene rings is 2. The van der Waals surface area contributed by atoms with Crippen LogP contribution in [0.4, 0.5) is 5.69 Å². The third-order valence-electron chi connectivity index (χ3n) is 4.36. The number of carbonyl (C=O) groups excluding carboxylic acids is 1. The van der Waals surface area contributed by atoms with E-state index < -0.39 is 10.0 Å². The zero-order valence-electron chi connectivity index (χ0n) is 14.7. The molecule has 2 aromatic rings. The second-order valence-electron chi connectivity index (χ2n) is 6.31. The lowest BCUT2D eigenvalue weighted by atomic mass is 10.3. The minimum Gasteiger partial charge on any atom is -0.324 e. The van der Waals surface area contributed by atoms with E-state index in [0.717, 1.165) is 0 Å². The van der Waals surface area contributed by atoms with Gasteiger partial charge in [0, 0.05) is 36.2 Å². The number of sulfonamides is 1. The summed E-state index contributed by atoms with van der Waals surface area (Å²) in [6.45, 7) is 1.66. The van der Waals surface area contributed by atoms with Gasteiger partial charge in [-0.25, -0.2) is 8.42 Å². The van der Waals surface area contributed by atoms with Crippen LogP contribution in [0, 0.1) is 0 Å². The number of hydrogen-bond donors (Lipinski definition) is 1. The number of nitrogens with zero attached hydrogens (tertiary/aromatic N) is 2. The van der Waals surface area contributed by atoms with Gasteiger partial charge in [-0.2, -0.15) is 4.31 Å². The molecule has 0 saturated carbocycles. The van der Waals surface area contributed by atoms with Crippen molar-refractivity contribution < 1.29 is 13.2 Å². The third-order valence-corrected chi connectivity index (χ3v) is 7.07. The van der Waals surface area contributed by atoms with Crippen molar-refractivity contribution in [3.8, 4) is 0 Å². The van der Waals surface area contributed by atoms with Gasteiger partial charge >= 0.3 is 0 Å². The van der Waals surface area contributed by atoms with E-state index in [9.17, 15) is 13.2 Å². The molecular weight excluding hydrogens is 445 g/mol. The van der Waals surface area contributed by atoms with Gasteiger partial charge in [0.1, 0.15) is 0 Å². The summed E-state index contributed by atoms with van der Waals surface area (Å²) in [5.41, 5.74) is 0.486. The van der Waals surface area contributed by atoms with Crippen molar-refractivity contribution >= 4 is 56.4 Å². The van der Waals surface area contributed by atoms with Gasteiger partial charge in [0.2, 0.25) is 15.9 Å². The summed E-state index contributed by atoms with van der Waals surface area (Å²) in [4.78, 5) is 14.4. The predicted octanol–water partition coefficient (Wildman–Crippen LogP) is 3.59. The van der Waals surface area contributed by atoms with Crippen molar-refractivity contribution in [3.63, 3.8) is 0 Å². The lowest BCUT2D eigenvalue weighted by Crippen LogP contribution is -2.50. The van der Waals surface area contributed by atoms with E-state index in [0.29, 0.717) is 46.9 Å². The highest BCUT2D eigenvalue weighted by atomic mass is 35.5. The molecule has 1 heterocycles. The molecule has 0 atom stereocenters. The largest absolute Gasteiger partial charge is 0.324 e. The number of rotatable bonds is 5. The zero-order valence-corrected chi connectivity index (χ0v) is 17.8. The summed E-state index contributed by atoms with van der Waals surface area (Å²) in [7, 11) is -3.57. The van der Waals surface area contributed by atoms with E-state index >= 15 is 0 Å². The lowest BCUT2D eigenvalue weighted by Gasteiger charge is -2.33. The van der Waals surface area contributed by atoms with Crippen LogP contribution in [0.5, 0.6) is 0 Å². The number of carbonyl (C=O) groups is 1. The molecule has 0 unspecified atom stereocenters. The maximum Gasteiger partial charge on any atom is 0.243 e. The SMILES string of the molecule is O=C(CN1CCN(S(=O)(=O)c2ccc(Cl)cc2)CC1)Nc1ccc(Cl)cc1Cl. The molecule has 2 aromatic carbocycles. The second kappa shape index (κ2) is 8.98. The molecule has 1 fully saturated rings. The van der Waals surface area contributed by atoms with Crippen LogP contribution in [0.25, 0.3) is 0 Å². The smallest absolute Gasteiger partial charge is 0.243 e. The minimum atomic E-state index is -3.57. The van der Waals surface area contributed by atoms with E-state index in [1.165, 1.54) is 16.4 Å². The van der Waals surface area contributed by atoms with E-state index in [2.05, 4.69) is 5.32 Å². The van der Waals surface area contributed by atoms with Crippen LogP contribution in [-0.2, 0) is 14.8 Å². The Kier molecular flexibility index (Phi) is 6.85. The highest BCUT2D eigenvalue weighted by Crippen LogP contribution is 2.25. The van der Waals surface area contributed by atoms with Crippen LogP contribution < -0.4 is 5.32 Å². The van der Waals surface area contributed by atoms with Crippen molar-refractivity contribution in [1.82, 2.24) is 9.21 Å². The molecule has 1 amide bonds. The molecule has 6 nitrogen and oxygen atoms in total. The second-order valence-corrected chi connectivity index (χ2v) is 9.52. The van der Waals surface area contributed by atoms with Gasteiger partial charge in [-0.3, -0.25) is 9.69 Å². The summed E-state index contributed by atoms with van der Waals surface area (Å²) in [5.74, 6) is -0.224. The Hall–Kier alpha value is -1.35. The first-order chi connectivity index (χ1) is 13.3. The van der Waals surface area contributed by atoms with Gasteiger partial charge in [0.15, 0.2) is 0 Å². The number of nitrogens with one attached hydrogen (secondary N) is 1. The Labute approximate surface area is 179 Å². The quantitative estimate of drug-likeness (QED) is 0.737. The Morgan fingerprint density at radius 1 is 0.929 bits per heavy atom. The van der Waals surface area contributed by atoms with Crippen LogP contribution >= 0.6 is 34.8 Å². The Morgan fingerprint density at radius 2 is 1.54 bits per heavy atom. The van der Waals surface area contributed by atoms with E-state index in [1.54, 1.807) is 30.3 Å². The predicted molar refractivity (Wildman–Crippen MR) is 112 cm³/mol. The Bertz CT molecular complexity index is 960. The van der Waals surface area contributed by atoms with Crippen LogP contribution in [0.15, 0.2) is 47.4 Å². The number of halogens is 3. The molecule has 0 radical (unpaired) electrons. The van der Waals surface area contributed by atoms with Crippen LogP contribution in [0.3, 0.4) is 0 Å². The maximum absolute atomic E-state index is 12.7. The zero-order chi connectivity index (χ0) is 20.3. The fourth-order valence-electron chi connectivity index (χ4n) is 2.87. The summed E-state index contributed by atoms with van der Waals surface area (Å²) < 4.78 is 26.8. The molecule has 1 aliphatic rings. The van der Waals surface area contributed by atoms with Crippen molar-refractivity contribution in [1.29, 1.82) is 0 Å². The fraction of sp³-hybridized carbons (Fsp3) is 0.278. The molecule has 0 spiro atoms. The highest BCUT2D eigenvalue weighted by Gasteiger charge is 2.29. The molecule has 3 rings (SSSR count). The summed E-state index contributed by atoms with van der Waals surface area (Å²) in [5, 5.41) is 4.07. The molecule has 1 aliphatic heterocycles. The average Bonchev–Trinajstić information content (AvgIpc) is 2.65. The number of anilines is 1. The molecule has 28 heavy (non-hydrogen) atoms. The normalized spacial score (nSPS) is 16.1. The average molecular weight is 463 g/mol. The van der Waals surface area contributed by atoms with Gasteiger partial charge in [-0.1, -0.05) is 34.8 Å². The standard InChI is InChI=1S/C18H18Cl3N3O3S/c19-13-1-4-15(5-2-13)28(26,27)24-9-7-23(8-10-24)12-18(25)22-17-6-3-14(20)11-16(17)21/h1-6,11H,7-10,12H2,(H,22,25). The van der Waals surface area contributed by atoms with Crippen LogP contribution in [0.1, 0.15) is 0 Å². The van der Waals surface area contributed by atoms with E-state index in [1.807, 2.05) is 4.90 Å². The van der Waals surface area contributed by atoms with Crippen molar-refractivity contribution in [2.24, 2.45) is 0 Å². The molecule has 1 N–H and O–H groups in total. The number of amides is 1. The van der Waals surface area contributed by atoms with Gasteiger partial charge < -0.3 is 5.32 Å². The number of hydrogen-bond acceptors (Lipinski definition) is 4. The number of piperazine rings is 1. The summed E-state index contributed by atoms with van der Waals surface area (Å²) in [6.07, 6.45) is 0. The molecule has 10 heteroatoms. The molecule has 0 aliphatic carbocycles. The first-order valence-electron chi connectivity index (χ1n) is 8.49. The van der Waals surface area contributed by atoms with Crippen molar-refractivity contribution in [2.75, 3.05) is 38.0 Å². The molecule has 1 saturated heterocycles. The van der Waals surface area contributed by atoms with Gasteiger partial charge in [-0.15, -0.1) is 0 Å². The minimum absolute atomic E-state index is 0.147. The first-order valence-corrected chi connectivity index (χ1v) is 11.1. The summed E-state index contributed by atoms with van der Waals surface area (Å²) >= 11 is 17.7. The van der Waals surface area contributed by atoms with Crippen molar-refractivity contribution in [2.45, 2.75) is 4.90 Å². The Morgan fingerprint density at radius 3 is 2.14 bits per heavy atom. The lowest BCUT2D eigenvalue weighted by molar-refractivity contribution is -0.117. The topological polar surface area (TPSA) is 69.7 Å². The van der Waals surface area contributed by atoms with Crippen molar-refractivity contribution in [3.05, 3.63) is 57.5 Å². The third kappa shape index (κ3) is 5.17. The monoisotopic (exact) mass is 461 g/mol. The van der Waals surface area contributed by atoms with E-state index in [-0.39, 0.29) is 17.3 Å². The molecule has 150 valence electrons. The molecular formula is C18H18Cl3N3O3S. The van der Waals surface area contributed by atoms with Gasteiger partial charge in [0.25, 0.3) is 0 Å².